The second kappa shape index (κ2) is 4.52. The van der Waals surface area contributed by atoms with Crippen LogP contribution in [-0.2, 0) is 7.05 Å². The molecule has 0 aliphatic heterocycles. The van der Waals surface area contributed by atoms with Gasteiger partial charge >= 0.3 is 5.71 Å². The first-order chi connectivity index (χ1) is 9.31. The number of para-hydroxylation sites is 2. The molecule has 0 amide bonds. The lowest BCUT2D eigenvalue weighted by atomic mass is 10.1. The monoisotopic (exact) mass is 248 g/mol. The van der Waals surface area contributed by atoms with E-state index in [1.165, 1.54) is 0 Å². The fourth-order valence-electron chi connectivity index (χ4n) is 2.18. The average Bonchev–Trinajstić information content (AvgIpc) is 2.79. The highest BCUT2D eigenvalue weighted by atomic mass is 15.1. The Hall–Kier alpha value is -2.71. The van der Waals surface area contributed by atoms with Crippen LogP contribution in [0.25, 0.3) is 16.6 Å². The summed E-state index contributed by atoms with van der Waals surface area (Å²) in [6.45, 7) is 0. The minimum atomic E-state index is 0.472. The Morgan fingerprint density at radius 2 is 1.74 bits per heavy atom. The highest BCUT2D eigenvalue weighted by Crippen LogP contribution is 2.16. The number of hydrogen-bond acceptors (Lipinski definition) is 1. The van der Waals surface area contributed by atoms with Crippen LogP contribution >= 0.6 is 0 Å². The Morgan fingerprint density at radius 3 is 2.42 bits per heavy atom. The number of hydrogen-bond donors (Lipinski definition) is 0. The van der Waals surface area contributed by atoms with Gasteiger partial charge in [0.2, 0.25) is 5.82 Å². The molecule has 4 nitrogen and oxygen atoms in total. The number of aromatic nitrogens is 2. The molecular weight excluding hydrogens is 236 g/mol. The van der Waals surface area contributed by atoms with Crippen molar-refractivity contribution in [3.8, 4) is 0 Å². The van der Waals surface area contributed by atoms with Crippen LogP contribution in [-0.4, -0.2) is 20.1 Å². The normalized spacial score (nSPS) is 10.4. The van der Waals surface area contributed by atoms with Crippen molar-refractivity contribution in [1.29, 1.82) is 0 Å². The molecule has 3 rings (SSSR count). The maximum atomic E-state index is 9.32. The summed E-state index contributed by atoms with van der Waals surface area (Å²) in [5.74, 6) is 0.648. The van der Waals surface area contributed by atoms with Crippen LogP contribution in [0, 0.1) is 0 Å². The Morgan fingerprint density at radius 1 is 1.05 bits per heavy atom. The number of rotatable bonds is 2. The van der Waals surface area contributed by atoms with Gasteiger partial charge in [-0.05, 0) is 24.3 Å². The molecule has 19 heavy (non-hydrogen) atoms. The van der Waals surface area contributed by atoms with Crippen LogP contribution < -0.4 is 0 Å². The molecule has 0 saturated heterocycles. The second-order valence-corrected chi connectivity index (χ2v) is 4.30. The molecular formula is C15H12N4. The van der Waals surface area contributed by atoms with Crippen molar-refractivity contribution in [3.63, 3.8) is 0 Å². The van der Waals surface area contributed by atoms with Crippen molar-refractivity contribution in [3.05, 3.63) is 71.5 Å². The SMILES string of the molecule is Cn1c(C(=[N+]=[N-])c2ccccc2)nc2ccccc21. The summed E-state index contributed by atoms with van der Waals surface area (Å²) >= 11 is 0. The summed E-state index contributed by atoms with van der Waals surface area (Å²) in [7, 11) is 1.92. The fraction of sp³-hybridized carbons (Fsp3) is 0.0667. The van der Waals surface area contributed by atoms with Gasteiger partial charge in [-0.15, -0.1) is 0 Å². The number of benzene rings is 2. The summed E-state index contributed by atoms with van der Waals surface area (Å²) < 4.78 is 1.93. The molecule has 1 aromatic heterocycles. The van der Waals surface area contributed by atoms with Gasteiger partial charge in [0.1, 0.15) is 0 Å². The van der Waals surface area contributed by atoms with Gasteiger partial charge < -0.3 is 10.1 Å². The summed E-state index contributed by atoms with van der Waals surface area (Å²) in [6, 6.07) is 17.4. The van der Waals surface area contributed by atoms with Gasteiger partial charge in [0, 0.05) is 7.05 Å². The van der Waals surface area contributed by atoms with Crippen molar-refractivity contribution >= 4 is 16.7 Å². The van der Waals surface area contributed by atoms with E-state index in [2.05, 4.69) is 9.77 Å². The van der Waals surface area contributed by atoms with Crippen molar-refractivity contribution < 1.29 is 4.79 Å². The zero-order valence-corrected chi connectivity index (χ0v) is 10.5. The van der Waals surface area contributed by atoms with E-state index in [9.17, 15) is 5.53 Å². The highest BCUT2D eigenvalue weighted by Gasteiger charge is 2.21. The van der Waals surface area contributed by atoms with Crippen LogP contribution in [0.5, 0.6) is 0 Å². The first-order valence-corrected chi connectivity index (χ1v) is 6.00. The number of imidazole rings is 1. The molecule has 3 aromatic rings. The van der Waals surface area contributed by atoms with Crippen LogP contribution in [0.3, 0.4) is 0 Å². The standard InChI is InChI=1S/C15H12N4/c1-19-13-10-6-5-9-12(13)17-15(19)14(18-16)11-7-3-2-4-8-11/h2-10H,1H3. The van der Waals surface area contributed by atoms with Gasteiger partial charge in [0.15, 0.2) is 0 Å². The van der Waals surface area contributed by atoms with Crippen LogP contribution in [0.1, 0.15) is 11.4 Å². The Balaban J connectivity index is 2.24. The largest absolute Gasteiger partial charge is 0.364 e. The molecule has 0 saturated carbocycles. The van der Waals surface area contributed by atoms with Crippen molar-refractivity contribution in [2.75, 3.05) is 0 Å². The maximum Gasteiger partial charge on any atom is 0.364 e. The maximum absolute atomic E-state index is 9.32. The van der Waals surface area contributed by atoms with Crippen LogP contribution in [0.4, 0.5) is 0 Å². The minimum Gasteiger partial charge on any atom is -0.361 e. The zero-order valence-electron chi connectivity index (χ0n) is 10.5. The first-order valence-electron chi connectivity index (χ1n) is 6.00. The van der Waals surface area contributed by atoms with E-state index in [0.29, 0.717) is 11.5 Å². The number of aryl methyl sites for hydroxylation is 1. The fourth-order valence-corrected chi connectivity index (χ4v) is 2.18. The summed E-state index contributed by atoms with van der Waals surface area (Å²) in [5.41, 5.74) is 12.5. The third-order valence-electron chi connectivity index (χ3n) is 3.15. The molecule has 0 aliphatic carbocycles. The summed E-state index contributed by atoms with van der Waals surface area (Å²) in [5, 5.41) is 0. The van der Waals surface area contributed by atoms with Gasteiger partial charge in [0.05, 0.1) is 16.6 Å². The van der Waals surface area contributed by atoms with E-state index >= 15 is 0 Å². The van der Waals surface area contributed by atoms with E-state index in [1.807, 2.05) is 66.2 Å². The third kappa shape index (κ3) is 1.84. The van der Waals surface area contributed by atoms with Crippen molar-refractivity contribution in [2.24, 2.45) is 7.05 Å². The lowest BCUT2D eigenvalue weighted by Gasteiger charge is -1.98. The average molecular weight is 248 g/mol. The molecule has 92 valence electrons. The van der Waals surface area contributed by atoms with Crippen molar-refractivity contribution in [2.45, 2.75) is 0 Å². The van der Waals surface area contributed by atoms with E-state index in [-0.39, 0.29) is 0 Å². The molecule has 0 fully saturated rings. The molecule has 0 unspecified atom stereocenters. The lowest BCUT2D eigenvalue weighted by molar-refractivity contribution is -0.00364. The Kier molecular flexibility index (Phi) is 2.71. The Labute approximate surface area is 110 Å². The van der Waals surface area contributed by atoms with E-state index in [1.54, 1.807) is 0 Å². The molecule has 0 atom stereocenters. The van der Waals surface area contributed by atoms with Gasteiger partial charge in [-0.2, -0.15) is 4.79 Å². The quantitative estimate of drug-likeness (QED) is 0.391. The predicted molar refractivity (Wildman–Crippen MR) is 74.0 cm³/mol. The summed E-state index contributed by atoms with van der Waals surface area (Å²) in [6.07, 6.45) is 0. The molecule has 0 N–H and O–H groups in total. The Bertz CT molecular complexity index is 780. The molecule has 4 heteroatoms. The minimum absolute atomic E-state index is 0.472. The summed E-state index contributed by atoms with van der Waals surface area (Å²) in [4.78, 5) is 7.95. The van der Waals surface area contributed by atoms with Crippen molar-refractivity contribution in [1.82, 2.24) is 9.55 Å². The molecule has 0 radical (unpaired) electrons. The van der Waals surface area contributed by atoms with Gasteiger partial charge in [-0.25, -0.2) is 4.98 Å². The van der Waals surface area contributed by atoms with E-state index in [4.69, 9.17) is 0 Å². The van der Waals surface area contributed by atoms with Crippen LogP contribution in [0.2, 0.25) is 0 Å². The number of fused-ring (bicyclic) bond motifs is 1. The molecule has 0 aliphatic rings. The van der Waals surface area contributed by atoms with E-state index < -0.39 is 0 Å². The molecule has 0 bridgehead atoms. The van der Waals surface area contributed by atoms with Gasteiger partial charge in [0.25, 0.3) is 0 Å². The number of nitrogens with zero attached hydrogens (tertiary/aromatic N) is 4. The van der Waals surface area contributed by atoms with Gasteiger partial charge in [-0.3, -0.25) is 0 Å². The third-order valence-corrected chi connectivity index (χ3v) is 3.15. The molecule has 1 heterocycles. The second-order valence-electron chi connectivity index (χ2n) is 4.30. The highest BCUT2D eigenvalue weighted by molar-refractivity contribution is 6.08. The predicted octanol–water partition coefficient (Wildman–Crippen LogP) is 2.64. The van der Waals surface area contributed by atoms with Crippen LogP contribution in [0.15, 0.2) is 54.6 Å². The topological polar surface area (TPSA) is 54.2 Å². The first kappa shape index (κ1) is 11.4. The zero-order chi connectivity index (χ0) is 13.2. The smallest absolute Gasteiger partial charge is 0.361 e. The lowest BCUT2D eigenvalue weighted by Crippen LogP contribution is -2.11. The van der Waals surface area contributed by atoms with E-state index in [0.717, 1.165) is 16.6 Å². The molecule has 2 aromatic carbocycles. The molecule has 0 spiro atoms. The van der Waals surface area contributed by atoms with Gasteiger partial charge in [-0.1, -0.05) is 30.3 Å².